The Morgan fingerprint density at radius 3 is 2.70 bits per heavy atom. The number of ether oxygens (including phenoxy) is 1. The third-order valence-corrected chi connectivity index (χ3v) is 5.63. The largest absolute Gasteiger partial charge is 0.384 e. The molecule has 4 heteroatoms. The standard InChI is InChI=1S/C19H28N2O2/c1-4-15-5-7-16(8-6-15)18(22)21-10-9-19(14-21)13-20(2)11-17(19)12-23-3/h5-8,17H,4,9-14H2,1-3H3/t17-,19-/m0/s1. The van der Waals surface area contributed by atoms with E-state index < -0.39 is 0 Å². The monoisotopic (exact) mass is 316 g/mol. The molecule has 2 fully saturated rings. The van der Waals surface area contributed by atoms with Gasteiger partial charge < -0.3 is 14.5 Å². The van der Waals surface area contributed by atoms with Crippen molar-refractivity contribution in [1.82, 2.24) is 9.80 Å². The lowest BCUT2D eigenvalue weighted by molar-refractivity contribution is 0.0716. The first-order chi connectivity index (χ1) is 11.1. The molecular formula is C19H28N2O2. The molecule has 0 radical (unpaired) electrons. The number of aryl methyl sites for hydroxylation is 1. The molecule has 2 heterocycles. The molecule has 1 amide bonds. The van der Waals surface area contributed by atoms with Crippen LogP contribution in [0.25, 0.3) is 0 Å². The Balaban J connectivity index is 1.72. The van der Waals surface area contributed by atoms with Crippen molar-refractivity contribution in [3.63, 3.8) is 0 Å². The van der Waals surface area contributed by atoms with E-state index in [0.29, 0.717) is 5.92 Å². The van der Waals surface area contributed by atoms with Crippen LogP contribution in [0.1, 0.15) is 29.3 Å². The molecule has 0 unspecified atom stereocenters. The summed E-state index contributed by atoms with van der Waals surface area (Å²) in [7, 11) is 3.95. The van der Waals surface area contributed by atoms with E-state index in [2.05, 4.69) is 31.0 Å². The van der Waals surface area contributed by atoms with Crippen LogP contribution in [0.3, 0.4) is 0 Å². The Morgan fingerprint density at radius 1 is 1.30 bits per heavy atom. The Morgan fingerprint density at radius 2 is 2.04 bits per heavy atom. The molecule has 2 atom stereocenters. The molecule has 0 aliphatic carbocycles. The highest BCUT2D eigenvalue weighted by molar-refractivity contribution is 5.94. The molecule has 23 heavy (non-hydrogen) atoms. The van der Waals surface area contributed by atoms with Gasteiger partial charge in [0.15, 0.2) is 0 Å². The molecule has 126 valence electrons. The van der Waals surface area contributed by atoms with E-state index in [9.17, 15) is 4.79 Å². The maximum atomic E-state index is 12.8. The molecule has 3 rings (SSSR count). The van der Waals surface area contributed by atoms with E-state index in [-0.39, 0.29) is 11.3 Å². The second kappa shape index (κ2) is 6.62. The first-order valence-corrected chi connectivity index (χ1v) is 8.63. The van der Waals surface area contributed by atoms with Gasteiger partial charge in [-0.2, -0.15) is 0 Å². The van der Waals surface area contributed by atoms with E-state index >= 15 is 0 Å². The number of likely N-dealkylation sites (tertiary alicyclic amines) is 2. The third-order valence-electron chi connectivity index (χ3n) is 5.63. The molecule has 2 saturated heterocycles. The fourth-order valence-electron chi connectivity index (χ4n) is 4.33. The van der Waals surface area contributed by atoms with Crippen LogP contribution in [0.4, 0.5) is 0 Å². The lowest BCUT2D eigenvalue weighted by Gasteiger charge is -2.30. The maximum absolute atomic E-state index is 12.8. The van der Waals surface area contributed by atoms with Crippen LogP contribution in [0.2, 0.25) is 0 Å². The minimum Gasteiger partial charge on any atom is -0.384 e. The molecule has 2 aliphatic rings. The average Bonchev–Trinajstić information content (AvgIpc) is 3.11. The lowest BCUT2D eigenvalue weighted by atomic mass is 9.77. The lowest BCUT2D eigenvalue weighted by Crippen LogP contribution is -2.38. The summed E-state index contributed by atoms with van der Waals surface area (Å²) in [5.74, 6) is 0.702. The molecule has 4 nitrogen and oxygen atoms in total. The van der Waals surface area contributed by atoms with Crippen LogP contribution in [0, 0.1) is 11.3 Å². The molecule has 1 aromatic rings. The summed E-state index contributed by atoms with van der Waals surface area (Å²) < 4.78 is 5.44. The number of hydrogen-bond acceptors (Lipinski definition) is 3. The van der Waals surface area contributed by atoms with Crippen LogP contribution in [-0.2, 0) is 11.2 Å². The van der Waals surface area contributed by atoms with Crippen LogP contribution in [0.5, 0.6) is 0 Å². The van der Waals surface area contributed by atoms with Gasteiger partial charge in [0.05, 0.1) is 6.61 Å². The molecule has 2 aliphatic heterocycles. The Labute approximate surface area is 139 Å². The summed E-state index contributed by atoms with van der Waals surface area (Å²) in [6, 6.07) is 8.07. The van der Waals surface area contributed by atoms with E-state index in [0.717, 1.165) is 51.2 Å². The van der Waals surface area contributed by atoms with Gasteiger partial charge in [-0.15, -0.1) is 0 Å². The van der Waals surface area contributed by atoms with E-state index in [4.69, 9.17) is 4.74 Å². The molecule has 0 aromatic heterocycles. The van der Waals surface area contributed by atoms with Gasteiger partial charge in [0.1, 0.15) is 0 Å². The van der Waals surface area contributed by atoms with Crippen molar-refractivity contribution in [2.75, 3.05) is 46.9 Å². The number of carbonyl (C=O) groups is 1. The van der Waals surface area contributed by atoms with E-state index in [1.807, 2.05) is 17.0 Å². The topological polar surface area (TPSA) is 32.8 Å². The fraction of sp³-hybridized carbons (Fsp3) is 0.632. The smallest absolute Gasteiger partial charge is 0.253 e. The first kappa shape index (κ1) is 16.5. The van der Waals surface area contributed by atoms with Crippen molar-refractivity contribution in [1.29, 1.82) is 0 Å². The van der Waals surface area contributed by atoms with Gasteiger partial charge in [0, 0.05) is 50.2 Å². The zero-order chi connectivity index (χ0) is 16.4. The normalized spacial score (nSPS) is 28.0. The van der Waals surface area contributed by atoms with Gasteiger partial charge in [-0.3, -0.25) is 4.79 Å². The first-order valence-electron chi connectivity index (χ1n) is 8.63. The summed E-state index contributed by atoms with van der Waals surface area (Å²) in [4.78, 5) is 17.2. The Bertz CT molecular complexity index is 557. The summed E-state index contributed by atoms with van der Waals surface area (Å²) in [6.45, 7) is 6.79. The predicted molar refractivity (Wildman–Crippen MR) is 91.6 cm³/mol. The van der Waals surface area contributed by atoms with Crippen LogP contribution in [-0.4, -0.2) is 62.7 Å². The van der Waals surface area contributed by atoms with Gasteiger partial charge in [0.2, 0.25) is 0 Å². The van der Waals surface area contributed by atoms with Gasteiger partial charge >= 0.3 is 0 Å². The summed E-state index contributed by atoms with van der Waals surface area (Å²) in [5.41, 5.74) is 2.30. The number of rotatable bonds is 4. The van der Waals surface area contributed by atoms with E-state index in [1.54, 1.807) is 7.11 Å². The fourth-order valence-corrected chi connectivity index (χ4v) is 4.33. The van der Waals surface area contributed by atoms with Crippen molar-refractivity contribution in [2.45, 2.75) is 19.8 Å². The number of carbonyl (C=O) groups excluding carboxylic acids is 1. The van der Waals surface area contributed by atoms with E-state index in [1.165, 1.54) is 5.56 Å². The molecule has 1 aromatic carbocycles. The summed E-state index contributed by atoms with van der Waals surface area (Å²) in [6.07, 6.45) is 2.09. The quantitative estimate of drug-likeness (QED) is 0.854. The zero-order valence-corrected chi connectivity index (χ0v) is 14.5. The molecule has 0 N–H and O–H groups in total. The summed E-state index contributed by atoms with van der Waals surface area (Å²) >= 11 is 0. The number of methoxy groups -OCH3 is 1. The minimum atomic E-state index is 0.176. The average molecular weight is 316 g/mol. The predicted octanol–water partition coefficient (Wildman–Crippen LogP) is 2.29. The Hall–Kier alpha value is -1.39. The highest BCUT2D eigenvalue weighted by Gasteiger charge is 2.50. The molecule has 1 spiro atoms. The SMILES string of the molecule is CCc1ccc(C(=O)N2CC[C@]3(CN(C)C[C@H]3COC)C2)cc1. The third kappa shape index (κ3) is 3.15. The van der Waals surface area contributed by atoms with Crippen molar-refractivity contribution in [2.24, 2.45) is 11.3 Å². The minimum absolute atomic E-state index is 0.176. The maximum Gasteiger partial charge on any atom is 0.253 e. The van der Waals surface area contributed by atoms with Gasteiger partial charge in [-0.25, -0.2) is 0 Å². The van der Waals surface area contributed by atoms with Crippen molar-refractivity contribution in [3.8, 4) is 0 Å². The molecule has 0 bridgehead atoms. The second-order valence-corrected chi connectivity index (χ2v) is 7.24. The number of benzene rings is 1. The number of nitrogens with zero attached hydrogens (tertiary/aromatic N) is 2. The van der Waals surface area contributed by atoms with Gasteiger partial charge in [-0.1, -0.05) is 19.1 Å². The van der Waals surface area contributed by atoms with Crippen LogP contribution < -0.4 is 0 Å². The van der Waals surface area contributed by atoms with Crippen LogP contribution >= 0.6 is 0 Å². The van der Waals surface area contributed by atoms with Crippen LogP contribution in [0.15, 0.2) is 24.3 Å². The van der Waals surface area contributed by atoms with Gasteiger partial charge in [-0.05, 0) is 37.6 Å². The second-order valence-electron chi connectivity index (χ2n) is 7.24. The molecular weight excluding hydrogens is 288 g/mol. The highest BCUT2D eigenvalue weighted by Crippen LogP contribution is 2.43. The Kier molecular flexibility index (Phi) is 4.74. The number of amides is 1. The molecule has 0 saturated carbocycles. The van der Waals surface area contributed by atoms with Crippen molar-refractivity contribution >= 4 is 5.91 Å². The summed E-state index contributed by atoms with van der Waals surface area (Å²) in [5, 5.41) is 0. The highest BCUT2D eigenvalue weighted by atomic mass is 16.5. The van der Waals surface area contributed by atoms with Crippen molar-refractivity contribution in [3.05, 3.63) is 35.4 Å². The zero-order valence-electron chi connectivity index (χ0n) is 14.5. The number of hydrogen-bond donors (Lipinski definition) is 0. The van der Waals surface area contributed by atoms with Crippen molar-refractivity contribution < 1.29 is 9.53 Å². The van der Waals surface area contributed by atoms with Gasteiger partial charge in [0.25, 0.3) is 5.91 Å².